The van der Waals surface area contributed by atoms with Crippen molar-refractivity contribution in [1.82, 2.24) is 19.7 Å². The van der Waals surface area contributed by atoms with Gasteiger partial charge in [-0.1, -0.05) is 12.1 Å². The van der Waals surface area contributed by atoms with Crippen LogP contribution in [0.15, 0.2) is 48.8 Å². The summed E-state index contributed by atoms with van der Waals surface area (Å²) in [5.74, 6) is -2.15. The minimum Gasteiger partial charge on any atom is -0.480 e. The number of aliphatic carboxylic acids is 1. The molecule has 1 aromatic carbocycles. The zero-order valence-corrected chi connectivity index (χ0v) is 19.1. The monoisotopic (exact) mass is 479 g/mol. The number of halogens is 1. The highest BCUT2D eigenvalue weighted by atomic mass is 19.1. The Balaban J connectivity index is 1.91. The quantitative estimate of drug-likeness (QED) is 0.322. The van der Waals surface area contributed by atoms with Crippen LogP contribution in [0.25, 0.3) is 22.4 Å². The van der Waals surface area contributed by atoms with E-state index >= 15 is 0 Å². The van der Waals surface area contributed by atoms with Gasteiger partial charge in [0.25, 0.3) is 0 Å². The van der Waals surface area contributed by atoms with Crippen LogP contribution in [0.1, 0.15) is 17.0 Å². The number of pyridine rings is 1. The topological polar surface area (TPSA) is 164 Å². The Kier molecular flexibility index (Phi) is 8.05. The van der Waals surface area contributed by atoms with E-state index in [0.29, 0.717) is 22.4 Å². The van der Waals surface area contributed by atoms with Crippen molar-refractivity contribution in [3.63, 3.8) is 0 Å². The summed E-state index contributed by atoms with van der Waals surface area (Å²) in [5, 5.41) is 21.0. The Bertz CT molecular complexity index is 1290. The van der Waals surface area contributed by atoms with Crippen LogP contribution in [-0.2, 0) is 16.1 Å². The molecule has 0 spiro atoms. The van der Waals surface area contributed by atoms with Crippen LogP contribution in [0.3, 0.4) is 0 Å². The predicted octanol–water partition coefficient (Wildman–Crippen LogP) is 1.74. The summed E-state index contributed by atoms with van der Waals surface area (Å²) >= 11 is 0. The fraction of sp³-hybridized carbons (Fsp3) is 0.208. The van der Waals surface area contributed by atoms with E-state index < -0.39 is 24.2 Å². The molecule has 0 fully saturated rings. The molecule has 0 saturated heterocycles. The molecule has 0 radical (unpaired) electrons. The number of aromatic nitrogens is 3. The molecule has 35 heavy (non-hydrogen) atoms. The summed E-state index contributed by atoms with van der Waals surface area (Å²) in [6, 6.07) is 9.71. The molecule has 0 saturated carbocycles. The van der Waals surface area contributed by atoms with E-state index in [4.69, 9.17) is 22.0 Å². The standard InChI is InChI=1S/C24H26FN7O3/c1-15-3-2-4-21(30-15)24(28)19(10-27)16-5-6-20(25)18(9-16)17-11-29-32(12-17)13-22(33)31(8-7-26)14-23(34)35/h2-6,9-12,27H,7-8,13-14,26,28H2,1H3,(H,34,35)/b24-19+,27-10?. The average molecular weight is 480 g/mol. The number of carbonyl (C=O) groups excluding carboxylic acids is 1. The first-order valence-electron chi connectivity index (χ1n) is 10.7. The number of nitrogens with two attached hydrogens (primary N) is 2. The molecule has 1 amide bonds. The van der Waals surface area contributed by atoms with Crippen molar-refractivity contribution in [2.45, 2.75) is 13.5 Å². The van der Waals surface area contributed by atoms with E-state index in [-0.39, 0.29) is 30.9 Å². The van der Waals surface area contributed by atoms with Gasteiger partial charge in [-0.3, -0.25) is 19.3 Å². The first-order valence-corrected chi connectivity index (χ1v) is 10.7. The van der Waals surface area contributed by atoms with Gasteiger partial charge in [0.05, 0.1) is 17.6 Å². The minimum absolute atomic E-state index is 0.0892. The van der Waals surface area contributed by atoms with Gasteiger partial charge < -0.3 is 26.9 Å². The van der Waals surface area contributed by atoms with Crippen LogP contribution < -0.4 is 11.5 Å². The first kappa shape index (κ1) is 25.2. The lowest BCUT2D eigenvalue weighted by Crippen LogP contribution is -2.40. The molecule has 2 aromatic heterocycles. The fourth-order valence-electron chi connectivity index (χ4n) is 3.50. The van der Waals surface area contributed by atoms with Gasteiger partial charge in [0.2, 0.25) is 5.91 Å². The lowest BCUT2D eigenvalue weighted by Gasteiger charge is -2.19. The van der Waals surface area contributed by atoms with Gasteiger partial charge in [0, 0.05) is 47.9 Å². The maximum atomic E-state index is 14.7. The van der Waals surface area contributed by atoms with E-state index in [1.54, 1.807) is 12.1 Å². The Morgan fingerprint density at radius 2 is 2.06 bits per heavy atom. The Morgan fingerprint density at radius 1 is 1.29 bits per heavy atom. The van der Waals surface area contributed by atoms with E-state index in [9.17, 15) is 14.0 Å². The van der Waals surface area contributed by atoms with Crippen LogP contribution in [0.2, 0.25) is 0 Å². The number of carboxylic acids is 1. The molecule has 0 aliphatic carbocycles. The second-order valence-corrected chi connectivity index (χ2v) is 7.75. The summed E-state index contributed by atoms with van der Waals surface area (Å²) in [7, 11) is 0. The minimum atomic E-state index is -1.15. The normalized spacial score (nSPS) is 11.6. The van der Waals surface area contributed by atoms with E-state index in [2.05, 4.69) is 10.1 Å². The zero-order chi connectivity index (χ0) is 25.5. The fourth-order valence-corrected chi connectivity index (χ4v) is 3.50. The van der Waals surface area contributed by atoms with Gasteiger partial charge in [-0.25, -0.2) is 4.39 Å². The smallest absolute Gasteiger partial charge is 0.323 e. The number of hydrogen-bond acceptors (Lipinski definition) is 7. The summed E-state index contributed by atoms with van der Waals surface area (Å²) in [6.07, 6.45) is 3.98. The number of hydrogen-bond donors (Lipinski definition) is 4. The van der Waals surface area contributed by atoms with Crippen molar-refractivity contribution < 1.29 is 19.1 Å². The van der Waals surface area contributed by atoms with Crippen molar-refractivity contribution in [2.24, 2.45) is 11.5 Å². The molecule has 0 aliphatic rings. The zero-order valence-electron chi connectivity index (χ0n) is 19.1. The van der Waals surface area contributed by atoms with Crippen LogP contribution in [-0.4, -0.2) is 62.5 Å². The first-order chi connectivity index (χ1) is 16.7. The van der Waals surface area contributed by atoms with Crippen LogP contribution >= 0.6 is 0 Å². The highest BCUT2D eigenvalue weighted by Crippen LogP contribution is 2.28. The van der Waals surface area contributed by atoms with E-state index in [0.717, 1.165) is 16.8 Å². The van der Waals surface area contributed by atoms with Crippen LogP contribution in [0.4, 0.5) is 4.39 Å². The third kappa shape index (κ3) is 6.15. The maximum Gasteiger partial charge on any atom is 0.323 e. The maximum absolute atomic E-state index is 14.7. The molecule has 182 valence electrons. The molecule has 2 heterocycles. The number of benzene rings is 1. The van der Waals surface area contributed by atoms with Crippen molar-refractivity contribution >= 4 is 29.4 Å². The molecule has 0 aliphatic heterocycles. The molecular weight excluding hydrogens is 453 g/mol. The van der Waals surface area contributed by atoms with Crippen LogP contribution in [0.5, 0.6) is 0 Å². The lowest BCUT2D eigenvalue weighted by molar-refractivity contribution is -0.144. The summed E-state index contributed by atoms with van der Waals surface area (Å²) < 4.78 is 16.0. The number of allylic oxidation sites excluding steroid dienone is 1. The molecule has 0 unspecified atom stereocenters. The van der Waals surface area contributed by atoms with Gasteiger partial charge in [-0.15, -0.1) is 0 Å². The highest BCUT2D eigenvalue weighted by molar-refractivity contribution is 6.17. The molecule has 3 rings (SSSR count). The Morgan fingerprint density at radius 3 is 2.71 bits per heavy atom. The Labute approximate surface area is 201 Å². The van der Waals surface area contributed by atoms with Gasteiger partial charge in [-0.05, 0) is 36.8 Å². The van der Waals surface area contributed by atoms with Crippen molar-refractivity contribution in [2.75, 3.05) is 19.6 Å². The van der Waals surface area contributed by atoms with Gasteiger partial charge in [-0.2, -0.15) is 5.10 Å². The molecular formula is C24H26FN7O3. The number of nitrogens with zero attached hydrogens (tertiary/aromatic N) is 4. The lowest BCUT2D eigenvalue weighted by atomic mass is 9.98. The molecule has 6 N–H and O–H groups in total. The van der Waals surface area contributed by atoms with Crippen molar-refractivity contribution in [3.05, 3.63) is 71.6 Å². The number of nitrogens with one attached hydrogen (secondary N) is 1. The second kappa shape index (κ2) is 11.2. The summed E-state index contributed by atoms with van der Waals surface area (Å²) in [6.45, 7) is 1.33. The number of carboxylic acid groups (broad SMARTS) is 1. The number of amides is 1. The van der Waals surface area contributed by atoms with Crippen LogP contribution in [0, 0.1) is 18.2 Å². The number of carbonyl (C=O) groups is 2. The summed E-state index contributed by atoms with van der Waals surface area (Å²) in [4.78, 5) is 29.0. The average Bonchev–Trinajstić information content (AvgIpc) is 3.28. The molecule has 10 nitrogen and oxygen atoms in total. The summed E-state index contributed by atoms with van der Waals surface area (Å²) in [5.41, 5.74) is 14.8. The third-order valence-corrected chi connectivity index (χ3v) is 5.20. The van der Waals surface area contributed by atoms with E-state index in [1.165, 1.54) is 29.2 Å². The largest absolute Gasteiger partial charge is 0.480 e. The van der Waals surface area contributed by atoms with E-state index in [1.807, 2.05) is 19.1 Å². The molecule has 3 aromatic rings. The van der Waals surface area contributed by atoms with Crippen molar-refractivity contribution in [3.8, 4) is 11.1 Å². The number of aryl methyl sites for hydroxylation is 1. The molecule has 0 atom stereocenters. The van der Waals surface area contributed by atoms with Gasteiger partial charge >= 0.3 is 5.97 Å². The van der Waals surface area contributed by atoms with Gasteiger partial charge in [0.1, 0.15) is 18.9 Å². The second-order valence-electron chi connectivity index (χ2n) is 7.75. The predicted molar refractivity (Wildman–Crippen MR) is 130 cm³/mol. The third-order valence-electron chi connectivity index (χ3n) is 5.20. The molecule has 11 heteroatoms. The SMILES string of the molecule is Cc1cccc(/C(N)=C(/C=N)c2ccc(F)c(-c3cnn(CC(=O)N(CCN)CC(=O)O)c3)c2)n1. The number of rotatable bonds is 10. The van der Waals surface area contributed by atoms with Crippen molar-refractivity contribution in [1.29, 1.82) is 5.41 Å². The Hall–Kier alpha value is -4.38. The van der Waals surface area contributed by atoms with Gasteiger partial charge in [0.15, 0.2) is 0 Å². The highest BCUT2D eigenvalue weighted by Gasteiger charge is 2.18. The molecule has 0 bridgehead atoms.